The molecule has 0 aromatic heterocycles. The third kappa shape index (κ3) is 4.41. The molecule has 0 radical (unpaired) electrons. The lowest BCUT2D eigenvalue weighted by Crippen LogP contribution is -2.60. The highest BCUT2D eigenvalue weighted by atomic mass is 16.8. The van der Waals surface area contributed by atoms with E-state index in [9.17, 15) is 4.79 Å². The smallest absolute Gasteiger partial charge is 0.369 e. The molecule has 1 fully saturated rings. The molecule has 0 spiro atoms. The van der Waals surface area contributed by atoms with Gasteiger partial charge in [-0.05, 0) is 25.7 Å². The first kappa shape index (κ1) is 19.4. The maximum Gasteiger partial charge on any atom is 0.369 e. The van der Waals surface area contributed by atoms with Gasteiger partial charge >= 0.3 is 5.97 Å². The molecule has 0 bridgehead atoms. The zero-order chi connectivity index (χ0) is 17.2. The average Bonchev–Trinajstić information content (AvgIpc) is 2.36. The van der Waals surface area contributed by atoms with E-state index in [4.69, 9.17) is 23.7 Å². The SMILES string of the molecule is COC(=O)C(OC)(OC)[C@H]1C[C@H](CC(C)(C)C)OC(C)(C)O1. The molecule has 1 heterocycles. The van der Waals surface area contributed by atoms with Crippen LogP contribution in [0.3, 0.4) is 0 Å². The maximum atomic E-state index is 12.2. The molecule has 0 aliphatic carbocycles. The highest BCUT2D eigenvalue weighted by Gasteiger charge is 2.54. The minimum absolute atomic E-state index is 0.0666. The summed E-state index contributed by atoms with van der Waals surface area (Å²) in [5, 5.41) is 0. The number of hydrogen-bond acceptors (Lipinski definition) is 6. The molecule has 2 atom stereocenters. The van der Waals surface area contributed by atoms with Crippen LogP contribution in [-0.2, 0) is 28.5 Å². The molecule has 1 rings (SSSR count). The molecule has 0 amide bonds. The van der Waals surface area contributed by atoms with Gasteiger partial charge in [-0.3, -0.25) is 0 Å². The molecule has 1 aliphatic rings. The van der Waals surface area contributed by atoms with Crippen molar-refractivity contribution in [2.45, 2.75) is 71.2 Å². The second-order valence-corrected chi connectivity index (χ2v) is 7.31. The van der Waals surface area contributed by atoms with Crippen molar-refractivity contribution in [3.63, 3.8) is 0 Å². The van der Waals surface area contributed by atoms with Crippen molar-refractivity contribution >= 4 is 5.97 Å². The molecular weight excluding hydrogens is 288 g/mol. The topological polar surface area (TPSA) is 63.2 Å². The highest BCUT2D eigenvalue weighted by molar-refractivity contribution is 5.78. The average molecular weight is 318 g/mol. The van der Waals surface area contributed by atoms with Gasteiger partial charge in [0.1, 0.15) is 6.10 Å². The van der Waals surface area contributed by atoms with E-state index in [0.29, 0.717) is 6.42 Å². The predicted octanol–water partition coefficient (Wildman–Crippen LogP) is 2.49. The van der Waals surface area contributed by atoms with Gasteiger partial charge in [0, 0.05) is 20.6 Å². The van der Waals surface area contributed by atoms with Gasteiger partial charge in [0.15, 0.2) is 5.79 Å². The van der Waals surface area contributed by atoms with Crippen molar-refractivity contribution in [2.24, 2.45) is 5.41 Å². The first-order valence-corrected chi connectivity index (χ1v) is 7.54. The van der Waals surface area contributed by atoms with E-state index < -0.39 is 23.6 Å². The fourth-order valence-corrected chi connectivity index (χ4v) is 2.93. The number of carbonyl (C=O) groups excluding carboxylic acids is 1. The minimum Gasteiger partial charge on any atom is -0.465 e. The van der Waals surface area contributed by atoms with Gasteiger partial charge < -0.3 is 23.7 Å². The number of hydrogen-bond donors (Lipinski definition) is 0. The maximum absolute atomic E-state index is 12.2. The van der Waals surface area contributed by atoms with Gasteiger partial charge in [0.05, 0.1) is 13.2 Å². The molecular formula is C16H30O6. The number of carbonyl (C=O) groups is 1. The fraction of sp³-hybridized carbons (Fsp3) is 0.938. The van der Waals surface area contributed by atoms with Crippen molar-refractivity contribution in [3.8, 4) is 0 Å². The van der Waals surface area contributed by atoms with Gasteiger partial charge in [0.25, 0.3) is 5.79 Å². The Morgan fingerprint density at radius 3 is 2.09 bits per heavy atom. The van der Waals surface area contributed by atoms with Crippen molar-refractivity contribution in [1.29, 1.82) is 0 Å². The minimum atomic E-state index is -1.59. The molecule has 0 aromatic rings. The lowest BCUT2D eigenvalue weighted by Gasteiger charge is -2.47. The Balaban J connectivity index is 3.07. The lowest BCUT2D eigenvalue weighted by atomic mass is 9.85. The predicted molar refractivity (Wildman–Crippen MR) is 81.3 cm³/mol. The Morgan fingerprint density at radius 1 is 1.14 bits per heavy atom. The molecule has 0 saturated carbocycles. The van der Waals surface area contributed by atoms with Gasteiger partial charge in [-0.15, -0.1) is 0 Å². The van der Waals surface area contributed by atoms with Crippen molar-refractivity contribution in [3.05, 3.63) is 0 Å². The second-order valence-electron chi connectivity index (χ2n) is 7.31. The van der Waals surface area contributed by atoms with Crippen LogP contribution < -0.4 is 0 Å². The molecule has 22 heavy (non-hydrogen) atoms. The van der Waals surface area contributed by atoms with Crippen LogP contribution >= 0.6 is 0 Å². The molecule has 130 valence electrons. The van der Waals surface area contributed by atoms with Gasteiger partial charge in [-0.1, -0.05) is 20.8 Å². The first-order chi connectivity index (χ1) is 9.99. The summed E-state index contributed by atoms with van der Waals surface area (Å²) in [6.07, 6.45) is 0.632. The van der Waals surface area contributed by atoms with Crippen LogP contribution in [0.25, 0.3) is 0 Å². The largest absolute Gasteiger partial charge is 0.465 e. The number of ether oxygens (including phenoxy) is 5. The summed E-state index contributed by atoms with van der Waals surface area (Å²) in [6.45, 7) is 10.1. The summed E-state index contributed by atoms with van der Waals surface area (Å²) < 4.78 is 27.5. The van der Waals surface area contributed by atoms with Crippen LogP contribution in [0.2, 0.25) is 0 Å². The summed E-state index contributed by atoms with van der Waals surface area (Å²) in [6, 6.07) is 0. The summed E-state index contributed by atoms with van der Waals surface area (Å²) in [4.78, 5) is 12.2. The number of esters is 1. The molecule has 0 aromatic carbocycles. The Kier molecular flexibility index (Phi) is 6.01. The van der Waals surface area contributed by atoms with E-state index in [2.05, 4.69) is 20.8 Å². The van der Waals surface area contributed by atoms with Crippen LogP contribution in [0.4, 0.5) is 0 Å². The molecule has 0 N–H and O–H groups in total. The molecule has 0 unspecified atom stereocenters. The number of rotatable bonds is 5. The van der Waals surface area contributed by atoms with E-state index in [1.807, 2.05) is 13.8 Å². The van der Waals surface area contributed by atoms with E-state index in [-0.39, 0.29) is 11.5 Å². The first-order valence-electron chi connectivity index (χ1n) is 7.54. The molecule has 1 aliphatic heterocycles. The monoisotopic (exact) mass is 318 g/mol. The highest BCUT2D eigenvalue weighted by Crippen LogP contribution is 2.38. The van der Waals surface area contributed by atoms with E-state index in [1.165, 1.54) is 21.3 Å². The van der Waals surface area contributed by atoms with Crippen molar-refractivity contribution < 1.29 is 28.5 Å². The van der Waals surface area contributed by atoms with E-state index in [0.717, 1.165) is 6.42 Å². The van der Waals surface area contributed by atoms with Crippen LogP contribution in [0.15, 0.2) is 0 Å². The molecule has 6 nitrogen and oxygen atoms in total. The Bertz CT molecular complexity index is 379. The van der Waals surface area contributed by atoms with Crippen LogP contribution in [0.1, 0.15) is 47.5 Å². The van der Waals surface area contributed by atoms with E-state index in [1.54, 1.807) is 0 Å². The van der Waals surface area contributed by atoms with Crippen LogP contribution in [-0.4, -0.2) is 51.1 Å². The zero-order valence-corrected chi connectivity index (χ0v) is 15.0. The van der Waals surface area contributed by atoms with Crippen LogP contribution in [0.5, 0.6) is 0 Å². The normalized spacial score (nSPS) is 25.8. The summed E-state index contributed by atoms with van der Waals surface area (Å²) >= 11 is 0. The Morgan fingerprint density at radius 2 is 1.68 bits per heavy atom. The van der Waals surface area contributed by atoms with Gasteiger partial charge in [-0.25, -0.2) is 4.79 Å². The lowest BCUT2D eigenvalue weighted by molar-refractivity contribution is -0.362. The standard InChI is InChI=1S/C16H30O6/c1-14(2,3)10-11-9-12(22-15(4,5)21-11)16(19-7,20-8)13(17)18-6/h11-12H,9-10H2,1-8H3/t11-,12-/m1/s1. The molecule has 6 heteroatoms. The summed E-state index contributed by atoms with van der Waals surface area (Å²) in [7, 11) is 4.11. The quantitative estimate of drug-likeness (QED) is 0.573. The Hall–Kier alpha value is -0.690. The van der Waals surface area contributed by atoms with Crippen LogP contribution in [0, 0.1) is 5.41 Å². The zero-order valence-electron chi connectivity index (χ0n) is 15.0. The Labute approximate surface area is 133 Å². The second kappa shape index (κ2) is 6.83. The summed E-state index contributed by atoms with van der Waals surface area (Å²) in [5.41, 5.74) is 0.0940. The number of methoxy groups -OCH3 is 3. The van der Waals surface area contributed by atoms with E-state index >= 15 is 0 Å². The third-order valence-corrected chi connectivity index (χ3v) is 3.69. The van der Waals surface area contributed by atoms with Gasteiger partial charge in [-0.2, -0.15) is 0 Å². The van der Waals surface area contributed by atoms with Gasteiger partial charge in [0.2, 0.25) is 0 Å². The molecule has 1 saturated heterocycles. The van der Waals surface area contributed by atoms with Crippen molar-refractivity contribution in [2.75, 3.05) is 21.3 Å². The fourth-order valence-electron chi connectivity index (χ4n) is 2.93. The van der Waals surface area contributed by atoms with Crippen molar-refractivity contribution in [1.82, 2.24) is 0 Å². The third-order valence-electron chi connectivity index (χ3n) is 3.69. The summed E-state index contributed by atoms with van der Waals surface area (Å²) in [5.74, 6) is -3.05.